The maximum atomic E-state index is 9.20. The van der Waals surface area contributed by atoms with Gasteiger partial charge in [-0.15, -0.1) is 0 Å². The molecule has 0 fully saturated rings. The Labute approximate surface area is 104 Å². The van der Waals surface area contributed by atoms with Gasteiger partial charge in [0.2, 0.25) is 0 Å². The van der Waals surface area contributed by atoms with Crippen LogP contribution in [0.3, 0.4) is 0 Å². The lowest BCUT2D eigenvalue weighted by Crippen LogP contribution is -2.35. The lowest BCUT2D eigenvalue weighted by Gasteiger charge is -2.33. The van der Waals surface area contributed by atoms with Crippen molar-refractivity contribution in [3.63, 3.8) is 0 Å². The first-order chi connectivity index (χ1) is 8.22. The van der Waals surface area contributed by atoms with Crippen LogP contribution in [0.15, 0.2) is 24.3 Å². The summed E-state index contributed by atoms with van der Waals surface area (Å²) in [5, 5.41) is 9.20. The molecule has 0 radical (unpaired) electrons. The summed E-state index contributed by atoms with van der Waals surface area (Å²) in [4.78, 5) is 2.38. The standard InChI is InChI=1S/C15H20N2/c1-12(2)14(10-16)11-17-9-5-7-13-6-3-4-8-15(13)17/h3-4,6,8,12,14H,5,7,9,11H2,1-2H3. The molecule has 1 aliphatic rings. The molecule has 0 aromatic heterocycles. The Morgan fingerprint density at radius 2 is 2.12 bits per heavy atom. The van der Waals surface area contributed by atoms with Gasteiger partial charge < -0.3 is 4.90 Å². The number of hydrogen-bond acceptors (Lipinski definition) is 2. The van der Waals surface area contributed by atoms with Crippen molar-refractivity contribution in [3.8, 4) is 6.07 Å². The second kappa shape index (κ2) is 5.23. The van der Waals surface area contributed by atoms with Crippen molar-refractivity contribution in [1.29, 1.82) is 5.26 Å². The fraction of sp³-hybridized carbons (Fsp3) is 0.533. The van der Waals surface area contributed by atoms with E-state index in [2.05, 4.69) is 49.1 Å². The van der Waals surface area contributed by atoms with Gasteiger partial charge in [-0.25, -0.2) is 0 Å². The molecule has 2 heteroatoms. The zero-order valence-corrected chi connectivity index (χ0v) is 10.7. The van der Waals surface area contributed by atoms with E-state index in [4.69, 9.17) is 0 Å². The van der Waals surface area contributed by atoms with E-state index in [9.17, 15) is 5.26 Å². The van der Waals surface area contributed by atoms with Crippen LogP contribution in [0.25, 0.3) is 0 Å². The largest absolute Gasteiger partial charge is 0.370 e. The molecule has 0 aliphatic carbocycles. The molecule has 2 nitrogen and oxygen atoms in total. The second-order valence-electron chi connectivity index (χ2n) is 5.16. The van der Waals surface area contributed by atoms with E-state index in [-0.39, 0.29) is 5.92 Å². The number of benzene rings is 1. The molecule has 1 aromatic rings. The molecule has 0 saturated heterocycles. The summed E-state index contributed by atoms with van der Waals surface area (Å²) in [6, 6.07) is 11.0. The Morgan fingerprint density at radius 3 is 2.82 bits per heavy atom. The van der Waals surface area contributed by atoms with Gasteiger partial charge in [0.05, 0.1) is 12.0 Å². The smallest absolute Gasteiger partial charge is 0.0677 e. The summed E-state index contributed by atoms with van der Waals surface area (Å²) >= 11 is 0. The Balaban J connectivity index is 2.16. The average Bonchev–Trinajstić information content (AvgIpc) is 2.35. The van der Waals surface area contributed by atoms with E-state index in [1.54, 1.807) is 0 Å². The first-order valence-electron chi connectivity index (χ1n) is 6.45. The molecule has 1 heterocycles. The predicted octanol–water partition coefficient (Wildman–Crippen LogP) is 3.23. The molecule has 0 bridgehead atoms. The van der Waals surface area contributed by atoms with Crippen LogP contribution in [-0.4, -0.2) is 13.1 Å². The van der Waals surface area contributed by atoms with Gasteiger partial charge in [-0.2, -0.15) is 5.26 Å². The van der Waals surface area contributed by atoms with Gasteiger partial charge in [0.25, 0.3) is 0 Å². The van der Waals surface area contributed by atoms with E-state index in [0.29, 0.717) is 5.92 Å². The van der Waals surface area contributed by atoms with Gasteiger partial charge in [-0.05, 0) is 30.4 Å². The van der Waals surface area contributed by atoms with Crippen LogP contribution >= 0.6 is 0 Å². The third kappa shape index (κ3) is 2.61. The van der Waals surface area contributed by atoms with Gasteiger partial charge in [0.15, 0.2) is 0 Å². The quantitative estimate of drug-likeness (QED) is 0.794. The predicted molar refractivity (Wildman–Crippen MR) is 70.9 cm³/mol. The molecular weight excluding hydrogens is 208 g/mol. The van der Waals surface area contributed by atoms with Crippen LogP contribution in [0.5, 0.6) is 0 Å². The minimum atomic E-state index is 0.126. The topological polar surface area (TPSA) is 27.0 Å². The molecule has 1 aliphatic heterocycles. The molecule has 0 amide bonds. The summed E-state index contributed by atoms with van der Waals surface area (Å²) < 4.78 is 0. The van der Waals surface area contributed by atoms with Gasteiger partial charge >= 0.3 is 0 Å². The van der Waals surface area contributed by atoms with Crippen molar-refractivity contribution in [2.24, 2.45) is 11.8 Å². The summed E-state index contributed by atoms with van der Waals surface area (Å²) in [6.07, 6.45) is 2.37. The van der Waals surface area contributed by atoms with Crippen LogP contribution in [0, 0.1) is 23.2 Å². The highest BCUT2D eigenvalue weighted by atomic mass is 15.1. The van der Waals surface area contributed by atoms with Crippen LogP contribution in [0.1, 0.15) is 25.8 Å². The van der Waals surface area contributed by atoms with Crippen LogP contribution in [-0.2, 0) is 6.42 Å². The highest BCUT2D eigenvalue weighted by molar-refractivity contribution is 5.55. The molecule has 0 N–H and O–H groups in total. The lowest BCUT2D eigenvalue weighted by atomic mass is 9.94. The van der Waals surface area contributed by atoms with Gasteiger partial charge in [0, 0.05) is 18.8 Å². The summed E-state index contributed by atoms with van der Waals surface area (Å²) in [5.74, 6) is 0.551. The number of hydrogen-bond donors (Lipinski definition) is 0. The molecule has 90 valence electrons. The van der Waals surface area contributed by atoms with E-state index in [1.807, 2.05) is 0 Å². The molecular formula is C15H20N2. The van der Waals surface area contributed by atoms with E-state index in [0.717, 1.165) is 13.1 Å². The molecule has 0 saturated carbocycles. The summed E-state index contributed by atoms with van der Waals surface area (Å²) in [7, 11) is 0. The first kappa shape index (κ1) is 12.0. The third-order valence-corrected chi connectivity index (χ3v) is 3.59. The monoisotopic (exact) mass is 228 g/mol. The number of fused-ring (bicyclic) bond motifs is 1. The number of anilines is 1. The summed E-state index contributed by atoms with van der Waals surface area (Å²) in [6.45, 7) is 6.21. The third-order valence-electron chi connectivity index (χ3n) is 3.59. The van der Waals surface area contributed by atoms with Crippen molar-refractivity contribution in [2.75, 3.05) is 18.0 Å². The lowest BCUT2D eigenvalue weighted by molar-refractivity contribution is 0.463. The number of aryl methyl sites for hydroxylation is 1. The zero-order valence-electron chi connectivity index (χ0n) is 10.7. The maximum Gasteiger partial charge on any atom is 0.0677 e. The van der Waals surface area contributed by atoms with E-state index >= 15 is 0 Å². The van der Waals surface area contributed by atoms with Gasteiger partial charge in [-0.3, -0.25) is 0 Å². The van der Waals surface area contributed by atoms with E-state index in [1.165, 1.54) is 24.1 Å². The van der Waals surface area contributed by atoms with Crippen molar-refractivity contribution >= 4 is 5.69 Å². The fourth-order valence-electron chi connectivity index (χ4n) is 2.44. The van der Waals surface area contributed by atoms with Crippen molar-refractivity contribution in [3.05, 3.63) is 29.8 Å². The maximum absolute atomic E-state index is 9.20. The minimum absolute atomic E-state index is 0.126. The van der Waals surface area contributed by atoms with Gasteiger partial charge in [-0.1, -0.05) is 32.0 Å². The molecule has 1 unspecified atom stereocenters. The van der Waals surface area contributed by atoms with Gasteiger partial charge in [0.1, 0.15) is 0 Å². The normalized spacial score (nSPS) is 16.5. The Bertz CT molecular complexity index is 417. The minimum Gasteiger partial charge on any atom is -0.370 e. The highest BCUT2D eigenvalue weighted by Crippen LogP contribution is 2.28. The van der Waals surface area contributed by atoms with Crippen LogP contribution in [0.2, 0.25) is 0 Å². The zero-order chi connectivity index (χ0) is 12.3. The second-order valence-corrected chi connectivity index (χ2v) is 5.16. The van der Waals surface area contributed by atoms with E-state index < -0.39 is 0 Å². The molecule has 0 spiro atoms. The SMILES string of the molecule is CC(C)C(C#N)CN1CCCc2ccccc21. The first-order valence-corrected chi connectivity index (χ1v) is 6.45. The number of para-hydroxylation sites is 1. The highest BCUT2D eigenvalue weighted by Gasteiger charge is 2.21. The Morgan fingerprint density at radius 1 is 1.35 bits per heavy atom. The Hall–Kier alpha value is -1.49. The molecule has 2 rings (SSSR count). The Kier molecular flexibility index (Phi) is 3.68. The van der Waals surface area contributed by atoms with Crippen molar-refractivity contribution in [2.45, 2.75) is 26.7 Å². The molecule has 17 heavy (non-hydrogen) atoms. The summed E-state index contributed by atoms with van der Waals surface area (Å²) in [5.41, 5.74) is 2.76. The molecule has 1 atom stereocenters. The van der Waals surface area contributed by atoms with Crippen LogP contribution in [0.4, 0.5) is 5.69 Å². The number of nitrogens with zero attached hydrogens (tertiary/aromatic N) is 2. The molecule has 1 aromatic carbocycles. The fourth-order valence-corrected chi connectivity index (χ4v) is 2.44. The number of rotatable bonds is 3. The van der Waals surface area contributed by atoms with Crippen LogP contribution < -0.4 is 4.90 Å². The average molecular weight is 228 g/mol. The van der Waals surface area contributed by atoms with Crippen molar-refractivity contribution < 1.29 is 0 Å². The van der Waals surface area contributed by atoms with Crippen molar-refractivity contribution in [1.82, 2.24) is 0 Å². The number of nitriles is 1.